The zero-order valence-electron chi connectivity index (χ0n) is 13.0. The number of benzene rings is 1. The van der Waals surface area contributed by atoms with Crippen molar-refractivity contribution in [1.29, 1.82) is 0 Å². The van der Waals surface area contributed by atoms with E-state index in [2.05, 4.69) is 19.9 Å². The van der Waals surface area contributed by atoms with Crippen LogP contribution in [0.2, 0.25) is 0 Å². The van der Waals surface area contributed by atoms with Crippen molar-refractivity contribution in [2.45, 2.75) is 32.6 Å². The second kappa shape index (κ2) is 5.72. The Hall–Kier alpha value is -2.10. The Bertz CT molecular complexity index is 602. The fraction of sp³-hybridized carbons (Fsp3) is 0.412. The Morgan fingerprint density at radius 2 is 1.95 bits per heavy atom. The van der Waals surface area contributed by atoms with Crippen LogP contribution in [0.5, 0.6) is 0 Å². The van der Waals surface area contributed by atoms with Gasteiger partial charge in [-0.3, -0.25) is 9.59 Å². The van der Waals surface area contributed by atoms with Gasteiger partial charge in [-0.2, -0.15) is 0 Å². The van der Waals surface area contributed by atoms with Crippen LogP contribution in [0.15, 0.2) is 36.0 Å². The van der Waals surface area contributed by atoms with E-state index in [1.807, 2.05) is 30.1 Å². The molecular formula is C17H21NO3. The second-order valence-corrected chi connectivity index (χ2v) is 5.71. The van der Waals surface area contributed by atoms with Gasteiger partial charge in [-0.1, -0.05) is 39.0 Å². The number of esters is 1. The third-order valence-corrected chi connectivity index (χ3v) is 3.90. The standard InChI is InChI=1S/C17H21NO3/c1-5-16(20)21-11-12(19)10-15-17(2,3)13-8-6-7-9-14(13)18(15)4/h6-10H,5,11H2,1-4H3. The highest BCUT2D eigenvalue weighted by Crippen LogP contribution is 2.46. The zero-order valence-corrected chi connectivity index (χ0v) is 13.0. The van der Waals surface area contributed by atoms with Crippen LogP contribution in [0.1, 0.15) is 32.8 Å². The lowest BCUT2D eigenvalue weighted by molar-refractivity contribution is -0.146. The van der Waals surface area contributed by atoms with Crippen molar-refractivity contribution >= 4 is 17.4 Å². The molecule has 4 heteroatoms. The summed E-state index contributed by atoms with van der Waals surface area (Å²) in [5.41, 5.74) is 2.97. The van der Waals surface area contributed by atoms with Gasteiger partial charge in [-0.15, -0.1) is 0 Å². The molecule has 0 aliphatic carbocycles. The number of ether oxygens (including phenoxy) is 1. The van der Waals surface area contributed by atoms with Gasteiger partial charge in [-0.25, -0.2) is 0 Å². The molecule has 0 radical (unpaired) electrons. The van der Waals surface area contributed by atoms with Gasteiger partial charge in [0.2, 0.25) is 0 Å². The number of carbonyl (C=O) groups is 2. The number of ketones is 1. The first-order chi connectivity index (χ1) is 9.87. The Balaban J connectivity index is 2.23. The summed E-state index contributed by atoms with van der Waals surface area (Å²) in [6.45, 7) is 5.69. The fourth-order valence-electron chi connectivity index (χ4n) is 2.71. The van der Waals surface area contributed by atoms with Gasteiger partial charge >= 0.3 is 5.97 Å². The maximum Gasteiger partial charge on any atom is 0.305 e. The molecule has 21 heavy (non-hydrogen) atoms. The zero-order chi connectivity index (χ0) is 15.6. The molecule has 1 aromatic rings. The third kappa shape index (κ3) is 2.84. The molecule has 0 saturated heterocycles. The number of carbonyl (C=O) groups excluding carboxylic acids is 2. The maximum atomic E-state index is 12.0. The van der Waals surface area contributed by atoms with Gasteiger partial charge in [0.05, 0.1) is 0 Å². The van der Waals surface area contributed by atoms with E-state index >= 15 is 0 Å². The molecule has 1 aliphatic rings. The van der Waals surface area contributed by atoms with Crippen molar-refractivity contribution in [3.63, 3.8) is 0 Å². The summed E-state index contributed by atoms with van der Waals surface area (Å²) < 4.78 is 4.89. The van der Waals surface area contributed by atoms with Gasteiger partial charge in [0.25, 0.3) is 0 Å². The molecule has 0 fully saturated rings. The third-order valence-electron chi connectivity index (χ3n) is 3.90. The number of fused-ring (bicyclic) bond motifs is 1. The van der Waals surface area contributed by atoms with E-state index in [1.165, 1.54) is 5.56 Å². The molecule has 1 heterocycles. The van der Waals surface area contributed by atoms with Crippen molar-refractivity contribution in [3.05, 3.63) is 41.6 Å². The lowest BCUT2D eigenvalue weighted by Gasteiger charge is -2.23. The van der Waals surface area contributed by atoms with E-state index in [0.717, 1.165) is 11.4 Å². The molecule has 0 spiro atoms. The van der Waals surface area contributed by atoms with E-state index < -0.39 is 0 Å². The van der Waals surface area contributed by atoms with Crippen LogP contribution in [-0.2, 0) is 19.7 Å². The molecule has 0 amide bonds. The quantitative estimate of drug-likeness (QED) is 0.631. The highest BCUT2D eigenvalue weighted by atomic mass is 16.5. The molecular weight excluding hydrogens is 266 g/mol. The van der Waals surface area contributed by atoms with Crippen molar-refractivity contribution in [3.8, 4) is 0 Å². The van der Waals surface area contributed by atoms with Gasteiger partial charge in [-0.05, 0) is 11.6 Å². The molecule has 1 aromatic carbocycles. The number of para-hydroxylation sites is 1. The number of hydrogen-bond acceptors (Lipinski definition) is 4. The van der Waals surface area contributed by atoms with E-state index in [9.17, 15) is 9.59 Å². The lowest BCUT2D eigenvalue weighted by Crippen LogP contribution is -2.25. The topological polar surface area (TPSA) is 46.6 Å². The molecule has 0 saturated carbocycles. The van der Waals surface area contributed by atoms with Crippen LogP contribution >= 0.6 is 0 Å². The summed E-state index contributed by atoms with van der Waals surface area (Å²) in [6.07, 6.45) is 1.86. The van der Waals surface area contributed by atoms with Gasteiger partial charge in [0, 0.05) is 36.3 Å². The van der Waals surface area contributed by atoms with Crippen LogP contribution < -0.4 is 4.90 Å². The first-order valence-corrected chi connectivity index (χ1v) is 7.11. The predicted molar refractivity (Wildman–Crippen MR) is 82.2 cm³/mol. The van der Waals surface area contributed by atoms with Crippen LogP contribution in [0.3, 0.4) is 0 Å². The van der Waals surface area contributed by atoms with Gasteiger partial charge in [0.15, 0.2) is 12.4 Å². The van der Waals surface area contributed by atoms with Crippen LogP contribution in [0.4, 0.5) is 5.69 Å². The first-order valence-electron chi connectivity index (χ1n) is 7.11. The lowest BCUT2D eigenvalue weighted by atomic mass is 9.83. The Morgan fingerprint density at radius 3 is 2.57 bits per heavy atom. The minimum atomic E-state index is -0.357. The van der Waals surface area contributed by atoms with Gasteiger partial charge < -0.3 is 9.64 Å². The smallest absolute Gasteiger partial charge is 0.305 e. The van der Waals surface area contributed by atoms with Crippen molar-refractivity contribution < 1.29 is 14.3 Å². The van der Waals surface area contributed by atoms with Crippen LogP contribution in [0.25, 0.3) is 0 Å². The van der Waals surface area contributed by atoms with E-state index in [1.54, 1.807) is 13.0 Å². The summed E-state index contributed by atoms with van der Waals surface area (Å²) in [5, 5.41) is 0. The molecule has 0 N–H and O–H groups in total. The largest absolute Gasteiger partial charge is 0.457 e. The summed E-state index contributed by atoms with van der Waals surface area (Å²) in [7, 11) is 1.95. The number of likely N-dealkylation sites (N-methyl/N-ethyl adjacent to an activating group) is 1. The molecule has 4 nitrogen and oxygen atoms in total. The normalized spacial score (nSPS) is 17.7. The van der Waals surface area contributed by atoms with E-state index in [4.69, 9.17) is 4.74 Å². The maximum absolute atomic E-state index is 12.0. The average molecular weight is 287 g/mol. The molecule has 2 rings (SSSR count). The molecule has 0 bridgehead atoms. The van der Waals surface area contributed by atoms with Crippen molar-refractivity contribution in [1.82, 2.24) is 0 Å². The van der Waals surface area contributed by atoms with E-state index in [0.29, 0.717) is 0 Å². The minimum Gasteiger partial charge on any atom is -0.457 e. The van der Waals surface area contributed by atoms with Crippen molar-refractivity contribution in [2.24, 2.45) is 0 Å². The molecule has 0 unspecified atom stereocenters. The summed E-state index contributed by atoms with van der Waals surface area (Å²) in [5.74, 6) is -0.552. The Morgan fingerprint density at radius 1 is 1.29 bits per heavy atom. The molecule has 1 aliphatic heterocycles. The highest BCUT2D eigenvalue weighted by Gasteiger charge is 2.38. The molecule has 0 aromatic heterocycles. The monoisotopic (exact) mass is 287 g/mol. The molecule has 112 valence electrons. The Labute approximate surface area is 125 Å². The van der Waals surface area contributed by atoms with Crippen LogP contribution in [0, 0.1) is 0 Å². The SMILES string of the molecule is CCC(=O)OCC(=O)C=C1N(C)c2ccccc2C1(C)C. The summed E-state index contributed by atoms with van der Waals surface area (Å²) in [4.78, 5) is 25.2. The number of anilines is 1. The van der Waals surface area contributed by atoms with Gasteiger partial charge in [0.1, 0.15) is 0 Å². The summed E-state index contributed by atoms with van der Waals surface area (Å²) >= 11 is 0. The Kier molecular flexibility index (Phi) is 4.16. The summed E-state index contributed by atoms with van der Waals surface area (Å²) in [6, 6.07) is 8.11. The second-order valence-electron chi connectivity index (χ2n) is 5.71. The molecule has 0 atom stereocenters. The highest BCUT2D eigenvalue weighted by molar-refractivity contribution is 5.94. The first kappa shape index (κ1) is 15.3. The number of nitrogens with zero attached hydrogens (tertiary/aromatic N) is 1. The number of allylic oxidation sites excluding steroid dienone is 1. The van der Waals surface area contributed by atoms with Crippen LogP contribution in [-0.4, -0.2) is 25.4 Å². The van der Waals surface area contributed by atoms with Crippen molar-refractivity contribution in [2.75, 3.05) is 18.6 Å². The minimum absolute atomic E-state index is 0.195. The predicted octanol–water partition coefficient (Wildman–Crippen LogP) is 2.82. The van der Waals surface area contributed by atoms with E-state index in [-0.39, 0.29) is 30.2 Å². The number of rotatable bonds is 4. The fourth-order valence-corrected chi connectivity index (χ4v) is 2.71. The average Bonchev–Trinajstić information content (AvgIpc) is 2.66. The number of hydrogen-bond donors (Lipinski definition) is 0.